The lowest BCUT2D eigenvalue weighted by Gasteiger charge is -2.29. The standard InChI is InChI=1S/C21H29N3O.C2H6.H2/c1-16-9-10-17(13-20(16)25-2)7-6-8-18-14-19(15-21(22)23-18)24-11-4-3-5-12-24;1-2;/h9-10,13-15H,3-8,11-12H2,1-2H3,(H2,22,23);1-2H3;1H. The lowest BCUT2D eigenvalue weighted by Crippen LogP contribution is -2.29. The van der Waals surface area contributed by atoms with Crippen LogP contribution in [0.25, 0.3) is 0 Å². The van der Waals surface area contributed by atoms with Crippen molar-refractivity contribution in [2.75, 3.05) is 30.8 Å². The summed E-state index contributed by atoms with van der Waals surface area (Å²) in [6.07, 6.45) is 6.90. The van der Waals surface area contributed by atoms with Crippen LogP contribution in [0.4, 0.5) is 11.5 Å². The molecule has 0 spiro atoms. The Morgan fingerprint density at radius 3 is 2.52 bits per heavy atom. The summed E-state index contributed by atoms with van der Waals surface area (Å²) in [4.78, 5) is 6.97. The van der Waals surface area contributed by atoms with Gasteiger partial charge in [-0.3, -0.25) is 0 Å². The zero-order valence-electron chi connectivity index (χ0n) is 17.4. The monoisotopic (exact) mass is 371 g/mol. The van der Waals surface area contributed by atoms with Gasteiger partial charge < -0.3 is 15.4 Å². The van der Waals surface area contributed by atoms with Crippen molar-refractivity contribution in [1.29, 1.82) is 0 Å². The highest BCUT2D eigenvalue weighted by atomic mass is 16.5. The van der Waals surface area contributed by atoms with Crippen LogP contribution in [0.2, 0.25) is 0 Å². The predicted octanol–water partition coefficient (Wildman–Crippen LogP) is 5.42. The van der Waals surface area contributed by atoms with Gasteiger partial charge in [0.05, 0.1) is 7.11 Å². The molecule has 4 heteroatoms. The molecule has 1 saturated heterocycles. The Morgan fingerprint density at radius 1 is 1.07 bits per heavy atom. The van der Waals surface area contributed by atoms with E-state index < -0.39 is 0 Å². The third-order valence-corrected chi connectivity index (χ3v) is 4.98. The molecule has 0 atom stereocenters. The molecule has 0 saturated carbocycles. The van der Waals surface area contributed by atoms with Gasteiger partial charge in [0.2, 0.25) is 0 Å². The zero-order chi connectivity index (χ0) is 19.6. The Kier molecular flexibility index (Phi) is 8.43. The molecule has 1 aromatic heterocycles. The molecule has 0 amide bonds. The second-order valence-electron chi connectivity index (χ2n) is 6.95. The number of nitrogen functional groups attached to an aromatic ring is 1. The number of rotatable bonds is 6. The summed E-state index contributed by atoms with van der Waals surface area (Å²) in [6.45, 7) is 8.33. The number of benzene rings is 1. The fraction of sp³-hybridized carbons (Fsp3) is 0.522. The molecule has 0 bridgehead atoms. The molecule has 150 valence electrons. The molecule has 1 aliphatic heterocycles. The number of ether oxygens (including phenoxy) is 1. The highest BCUT2D eigenvalue weighted by Gasteiger charge is 2.12. The number of aromatic nitrogens is 1. The minimum absolute atomic E-state index is 0. The van der Waals surface area contributed by atoms with E-state index in [0.29, 0.717) is 5.82 Å². The van der Waals surface area contributed by atoms with Gasteiger partial charge in [-0.15, -0.1) is 0 Å². The zero-order valence-corrected chi connectivity index (χ0v) is 17.4. The number of pyridine rings is 1. The van der Waals surface area contributed by atoms with Gasteiger partial charge in [0.15, 0.2) is 0 Å². The van der Waals surface area contributed by atoms with Crippen LogP contribution in [0.15, 0.2) is 30.3 Å². The molecular formula is C23H37N3O. The molecular weight excluding hydrogens is 334 g/mol. The first-order valence-electron chi connectivity index (χ1n) is 10.3. The number of piperidine rings is 1. The molecule has 27 heavy (non-hydrogen) atoms. The number of aryl methyl sites for hydroxylation is 3. The number of hydrogen-bond donors (Lipinski definition) is 1. The van der Waals surface area contributed by atoms with Gasteiger partial charge in [-0.05, 0) is 68.7 Å². The van der Waals surface area contributed by atoms with Crippen molar-refractivity contribution in [3.05, 3.63) is 47.2 Å². The number of anilines is 2. The molecule has 0 unspecified atom stereocenters. The summed E-state index contributed by atoms with van der Waals surface area (Å²) in [5.74, 6) is 1.60. The summed E-state index contributed by atoms with van der Waals surface area (Å²) >= 11 is 0. The van der Waals surface area contributed by atoms with Crippen molar-refractivity contribution >= 4 is 11.5 Å². The quantitative estimate of drug-likeness (QED) is 0.737. The Bertz CT molecular complexity index is 715. The summed E-state index contributed by atoms with van der Waals surface area (Å²) in [5.41, 5.74) is 10.9. The predicted molar refractivity (Wildman–Crippen MR) is 118 cm³/mol. The first-order chi connectivity index (χ1) is 13.2. The highest BCUT2D eigenvalue weighted by Crippen LogP contribution is 2.24. The normalized spacial score (nSPS) is 13.7. The summed E-state index contributed by atoms with van der Waals surface area (Å²) in [7, 11) is 1.73. The largest absolute Gasteiger partial charge is 0.496 e. The van der Waals surface area contributed by atoms with Crippen molar-refractivity contribution in [1.82, 2.24) is 4.98 Å². The van der Waals surface area contributed by atoms with Crippen molar-refractivity contribution < 1.29 is 6.16 Å². The van der Waals surface area contributed by atoms with Crippen molar-refractivity contribution in [2.45, 2.75) is 59.3 Å². The third kappa shape index (κ3) is 6.16. The Balaban J connectivity index is 0.00000127. The average Bonchev–Trinajstić information content (AvgIpc) is 2.71. The summed E-state index contributed by atoms with van der Waals surface area (Å²) in [5, 5.41) is 0. The second kappa shape index (κ2) is 10.8. The lowest BCUT2D eigenvalue weighted by molar-refractivity contribution is 0.411. The summed E-state index contributed by atoms with van der Waals surface area (Å²) < 4.78 is 5.41. The first kappa shape index (κ1) is 21.1. The minimum atomic E-state index is 0. The van der Waals surface area contributed by atoms with Gasteiger partial charge in [-0.1, -0.05) is 26.0 Å². The van der Waals surface area contributed by atoms with Gasteiger partial charge in [0, 0.05) is 32.0 Å². The van der Waals surface area contributed by atoms with Crippen LogP contribution in [-0.2, 0) is 12.8 Å². The van der Waals surface area contributed by atoms with Gasteiger partial charge in [-0.2, -0.15) is 0 Å². The molecule has 0 radical (unpaired) electrons. The van der Waals surface area contributed by atoms with E-state index >= 15 is 0 Å². The Labute approximate surface area is 166 Å². The van der Waals surface area contributed by atoms with E-state index in [1.807, 2.05) is 19.9 Å². The maximum Gasteiger partial charge on any atom is 0.125 e. The van der Waals surface area contributed by atoms with Crippen LogP contribution in [-0.4, -0.2) is 25.2 Å². The van der Waals surface area contributed by atoms with Crippen LogP contribution in [0.1, 0.15) is 57.8 Å². The minimum Gasteiger partial charge on any atom is -0.496 e. The van der Waals surface area contributed by atoms with Crippen molar-refractivity contribution in [3.8, 4) is 5.75 Å². The molecule has 4 nitrogen and oxygen atoms in total. The molecule has 2 N–H and O–H groups in total. The van der Waals surface area contributed by atoms with E-state index in [1.54, 1.807) is 7.11 Å². The van der Waals surface area contributed by atoms with E-state index in [-0.39, 0.29) is 1.43 Å². The fourth-order valence-electron chi connectivity index (χ4n) is 3.55. The number of methoxy groups -OCH3 is 1. The second-order valence-corrected chi connectivity index (χ2v) is 6.95. The SMILES string of the molecule is CC.COc1cc(CCCc2cc(N3CCCCC3)cc(N)n2)ccc1C.[HH]. The number of hydrogen-bond acceptors (Lipinski definition) is 4. The van der Waals surface area contributed by atoms with Crippen LogP contribution < -0.4 is 15.4 Å². The molecule has 1 fully saturated rings. The number of nitrogens with zero attached hydrogens (tertiary/aromatic N) is 2. The highest BCUT2D eigenvalue weighted by molar-refractivity contribution is 5.54. The molecule has 2 heterocycles. The van der Waals surface area contributed by atoms with Crippen LogP contribution in [0.3, 0.4) is 0 Å². The maximum absolute atomic E-state index is 6.05. The van der Waals surface area contributed by atoms with E-state index in [2.05, 4.69) is 41.1 Å². The lowest BCUT2D eigenvalue weighted by atomic mass is 10.0. The molecule has 3 rings (SSSR count). The smallest absolute Gasteiger partial charge is 0.125 e. The molecule has 2 aromatic rings. The van der Waals surface area contributed by atoms with Gasteiger partial charge in [-0.25, -0.2) is 4.98 Å². The van der Waals surface area contributed by atoms with Gasteiger partial charge >= 0.3 is 0 Å². The van der Waals surface area contributed by atoms with E-state index in [4.69, 9.17) is 10.5 Å². The Morgan fingerprint density at radius 2 is 1.81 bits per heavy atom. The molecule has 0 aliphatic carbocycles. The Hall–Kier alpha value is -2.23. The van der Waals surface area contributed by atoms with E-state index in [0.717, 1.165) is 43.8 Å². The molecule has 1 aromatic carbocycles. The van der Waals surface area contributed by atoms with Crippen LogP contribution >= 0.6 is 0 Å². The van der Waals surface area contributed by atoms with E-state index in [1.165, 1.54) is 36.1 Å². The topological polar surface area (TPSA) is 51.4 Å². The summed E-state index contributed by atoms with van der Waals surface area (Å²) in [6, 6.07) is 10.7. The van der Waals surface area contributed by atoms with Crippen LogP contribution in [0.5, 0.6) is 5.75 Å². The molecule has 1 aliphatic rings. The number of nitrogens with two attached hydrogens (primary N) is 1. The van der Waals surface area contributed by atoms with Crippen LogP contribution in [0, 0.1) is 6.92 Å². The van der Waals surface area contributed by atoms with Crippen molar-refractivity contribution in [3.63, 3.8) is 0 Å². The maximum atomic E-state index is 6.05. The van der Waals surface area contributed by atoms with Gasteiger partial charge in [0.25, 0.3) is 0 Å². The van der Waals surface area contributed by atoms with Gasteiger partial charge in [0.1, 0.15) is 11.6 Å². The van der Waals surface area contributed by atoms with E-state index in [9.17, 15) is 0 Å². The third-order valence-electron chi connectivity index (χ3n) is 4.98. The average molecular weight is 372 g/mol. The van der Waals surface area contributed by atoms with Crippen molar-refractivity contribution in [2.24, 2.45) is 0 Å². The fourth-order valence-corrected chi connectivity index (χ4v) is 3.55. The first-order valence-corrected chi connectivity index (χ1v) is 10.3.